The first kappa shape index (κ1) is 24.8. The van der Waals surface area contributed by atoms with Crippen LogP contribution in [0.25, 0.3) is 10.8 Å². The van der Waals surface area contributed by atoms with Gasteiger partial charge in [0.2, 0.25) is 5.91 Å². The van der Waals surface area contributed by atoms with Gasteiger partial charge in [-0.05, 0) is 51.8 Å². The van der Waals surface area contributed by atoms with Crippen molar-refractivity contribution >= 4 is 28.6 Å². The number of aryl methyl sites for hydroxylation is 2. The first-order valence-corrected chi connectivity index (χ1v) is 12.8. The van der Waals surface area contributed by atoms with Gasteiger partial charge in [-0.1, -0.05) is 57.2 Å². The molecule has 3 aromatic rings. The van der Waals surface area contributed by atoms with Crippen molar-refractivity contribution in [1.82, 2.24) is 14.8 Å². The average Bonchev–Trinajstić information content (AvgIpc) is 3.19. The minimum atomic E-state index is -0.962. The van der Waals surface area contributed by atoms with Crippen LogP contribution in [0.1, 0.15) is 43.0 Å². The Morgan fingerprint density at radius 3 is 2.54 bits per heavy atom. The molecule has 1 aromatic heterocycles. The van der Waals surface area contributed by atoms with Crippen LogP contribution in [-0.4, -0.2) is 51.5 Å². The molecule has 1 N–H and O–H groups in total. The summed E-state index contributed by atoms with van der Waals surface area (Å²) in [5.41, 5.74) is 4.46. The fourth-order valence-electron chi connectivity index (χ4n) is 5.56. The molecule has 0 radical (unpaired) electrons. The highest BCUT2D eigenvalue weighted by molar-refractivity contribution is 5.94. The zero-order valence-electron chi connectivity index (χ0n) is 21.9. The first-order valence-electron chi connectivity index (χ1n) is 12.8. The number of aromatic nitrogens is 1. The van der Waals surface area contributed by atoms with Crippen molar-refractivity contribution in [3.05, 3.63) is 83.2 Å². The van der Waals surface area contributed by atoms with Gasteiger partial charge in [0.05, 0.1) is 12.6 Å². The topological polar surface area (TPSA) is 77.0 Å². The fourth-order valence-corrected chi connectivity index (χ4v) is 5.56. The predicted octanol–water partition coefficient (Wildman–Crippen LogP) is 5.22. The summed E-state index contributed by atoms with van der Waals surface area (Å²) < 4.78 is 0. The first-order chi connectivity index (χ1) is 17.6. The molecule has 5 rings (SSSR count). The van der Waals surface area contributed by atoms with E-state index in [4.69, 9.17) is 0 Å². The molecule has 2 amide bonds. The second-order valence-electron chi connectivity index (χ2n) is 11.2. The highest BCUT2D eigenvalue weighted by Gasteiger charge is 2.37. The van der Waals surface area contributed by atoms with Gasteiger partial charge in [-0.2, -0.15) is 0 Å². The summed E-state index contributed by atoms with van der Waals surface area (Å²) in [5.74, 6) is 0.568. The molecule has 1 aliphatic heterocycles. The number of nitrogens with zero attached hydrogens (tertiary/aromatic N) is 4. The van der Waals surface area contributed by atoms with Crippen molar-refractivity contribution in [2.24, 2.45) is 5.41 Å². The number of likely N-dealkylation sites (N-methyl/N-ethyl adjacent to an activating group) is 1. The maximum atomic E-state index is 13.3. The van der Waals surface area contributed by atoms with Crippen molar-refractivity contribution in [2.45, 2.75) is 52.7 Å². The second kappa shape index (κ2) is 9.54. The summed E-state index contributed by atoms with van der Waals surface area (Å²) in [6.07, 6.45) is 6.25. The summed E-state index contributed by atoms with van der Waals surface area (Å²) in [5, 5.41) is 12.4. The van der Waals surface area contributed by atoms with Crippen LogP contribution in [0.5, 0.6) is 0 Å². The predicted molar refractivity (Wildman–Crippen MR) is 145 cm³/mol. The largest absolute Gasteiger partial charge is 0.465 e. The number of carboxylic acid groups (broad SMARTS) is 1. The van der Waals surface area contributed by atoms with Gasteiger partial charge in [0, 0.05) is 44.2 Å². The van der Waals surface area contributed by atoms with Crippen molar-refractivity contribution < 1.29 is 14.7 Å². The van der Waals surface area contributed by atoms with Gasteiger partial charge >= 0.3 is 6.09 Å². The van der Waals surface area contributed by atoms with E-state index in [-0.39, 0.29) is 23.9 Å². The molecule has 0 saturated carbocycles. The second-order valence-corrected chi connectivity index (χ2v) is 11.2. The van der Waals surface area contributed by atoms with E-state index in [1.54, 1.807) is 23.4 Å². The Balaban J connectivity index is 1.42. The molecule has 37 heavy (non-hydrogen) atoms. The van der Waals surface area contributed by atoms with Crippen molar-refractivity contribution in [1.29, 1.82) is 0 Å². The fraction of sp³-hybridized carbons (Fsp3) is 0.367. The van der Waals surface area contributed by atoms with Crippen LogP contribution >= 0.6 is 0 Å². The van der Waals surface area contributed by atoms with Gasteiger partial charge in [-0.25, -0.2) is 9.78 Å². The van der Waals surface area contributed by atoms with E-state index in [2.05, 4.69) is 56.1 Å². The Bertz CT molecular complexity index is 1380. The third-order valence-electron chi connectivity index (χ3n) is 7.60. The lowest BCUT2D eigenvalue weighted by atomic mass is 9.85. The van der Waals surface area contributed by atoms with Crippen molar-refractivity contribution in [2.75, 3.05) is 18.5 Å². The Morgan fingerprint density at radius 1 is 1.08 bits per heavy atom. The quantitative estimate of drug-likeness (QED) is 0.499. The van der Waals surface area contributed by atoms with Crippen LogP contribution in [0.3, 0.4) is 0 Å². The molecular formula is C30H34N4O3. The Labute approximate surface area is 218 Å². The summed E-state index contributed by atoms with van der Waals surface area (Å²) in [6, 6.07) is 14.3. The average molecular weight is 499 g/mol. The smallest absolute Gasteiger partial charge is 0.407 e. The zero-order chi connectivity index (χ0) is 26.3. The number of fused-ring (bicyclic) bond motifs is 1. The summed E-state index contributed by atoms with van der Waals surface area (Å²) in [7, 11) is 1.82. The number of pyridine rings is 1. The number of benzene rings is 2. The summed E-state index contributed by atoms with van der Waals surface area (Å²) in [4.78, 5) is 35.0. The van der Waals surface area contributed by atoms with E-state index in [1.165, 1.54) is 26.8 Å². The van der Waals surface area contributed by atoms with E-state index in [0.29, 0.717) is 18.9 Å². The number of amides is 2. The third-order valence-corrected chi connectivity index (χ3v) is 7.60. The van der Waals surface area contributed by atoms with Crippen LogP contribution in [0.4, 0.5) is 10.6 Å². The van der Waals surface area contributed by atoms with E-state index in [9.17, 15) is 14.7 Å². The number of hydrogen-bond donors (Lipinski definition) is 1. The highest BCUT2D eigenvalue weighted by Crippen LogP contribution is 2.35. The van der Waals surface area contributed by atoms with Crippen LogP contribution in [0.2, 0.25) is 0 Å². The van der Waals surface area contributed by atoms with Gasteiger partial charge in [0.1, 0.15) is 5.82 Å². The Hall–Kier alpha value is -3.87. The maximum absolute atomic E-state index is 13.3. The maximum Gasteiger partial charge on any atom is 0.407 e. The molecule has 1 atom stereocenters. The molecular weight excluding hydrogens is 464 g/mol. The van der Waals surface area contributed by atoms with Crippen LogP contribution < -0.4 is 4.90 Å². The number of anilines is 1. The molecule has 2 aliphatic rings. The van der Waals surface area contributed by atoms with Gasteiger partial charge in [0.25, 0.3) is 0 Å². The molecule has 0 saturated heterocycles. The van der Waals surface area contributed by atoms with Crippen molar-refractivity contribution in [3.8, 4) is 0 Å². The number of hydrogen-bond acceptors (Lipinski definition) is 4. The molecule has 0 fully saturated rings. The highest BCUT2D eigenvalue weighted by atomic mass is 16.4. The molecule has 0 bridgehead atoms. The zero-order valence-corrected chi connectivity index (χ0v) is 21.9. The minimum Gasteiger partial charge on any atom is -0.465 e. The lowest BCUT2D eigenvalue weighted by Crippen LogP contribution is -2.48. The van der Waals surface area contributed by atoms with Crippen LogP contribution in [-0.2, 0) is 30.7 Å². The lowest BCUT2D eigenvalue weighted by Gasteiger charge is -2.39. The Morgan fingerprint density at radius 2 is 1.81 bits per heavy atom. The van der Waals surface area contributed by atoms with E-state index in [0.717, 1.165) is 24.0 Å². The van der Waals surface area contributed by atoms with Crippen molar-refractivity contribution in [3.63, 3.8) is 0 Å². The normalized spacial score (nSPS) is 17.2. The molecule has 0 spiro atoms. The monoisotopic (exact) mass is 498 g/mol. The van der Waals surface area contributed by atoms with Crippen LogP contribution in [0.15, 0.2) is 60.9 Å². The number of carbonyl (C=O) groups is 2. The number of carbonyl (C=O) groups excluding carboxylic acids is 1. The summed E-state index contributed by atoms with van der Waals surface area (Å²) >= 11 is 0. The third kappa shape index (κ3) is 4.78. The van der Waals surface area contributed by atoms with E-state index >= 15 is 0 Å². The molecule has 7 heteroatoms. The van der Waals surface area contributed by atoms with Gasteiger partial charge in [0.15, 0.2) is 0 Å². The molecule has 192 valence electrons. The summed E-state index contributed by atoms with van der Waals surface area (Å²) in [6.45, 7) is 7.31. The van der Waals surface area contributed by atoms with Gasteiger partial charge in [-0.3, -0.25) is 4.79 Å². The molecule has 7 nitrogen and oxygen atoms in total. The molecule has 1 aliphatic carbocycles. The molecule has 2 heterocycles. The standard InChI is InChI=1S/C30H34N4O3/c1-30(2,3)25-19-33(29(36)37)18-23-8-6-15-31-28(23)34(25)16-14-26(35)32(4)17-22-13-12-21-11-10-20-7-5-9-24(22)27(20)21/h5-9,12-16,25H,10-11,17-19H2,1-4H3,(H,36,37). The minimum absolute atomic E-state index is 0.118. The van der Waals surface area contributed by atoms with Crippen LogP contribution in [0, 0.1) is 5.41 Å². The number of rotatable bonds is 4. The van der Waals surface area contributed by atoms with E-state index < -0.39 is 6.09 Å². The molecule has 2 aromatic carbocycles. The van der Waals surface area contributed by atoms with E-state index in [1.807, 2.05) is 24.1 Å². The van der Waals surface area contributed by atoms with Gasteiger partial charge in [-0.15, -0.1) is 0 Å². The Kier molecular flexibility index (Phi) is 6.40. The molecule has 1 unspecified atom stereocenters. The SMILES string of the molecule is CN(Cc1ccc2c3c(cccc13)CC2)C(=O)C=CN1c2ncccc2CN(C(=O)O)CC1C(C)(C)C. The lowest BCUT2D eigenvalue weighted by molar-refractivity contribution is -0.125. The van der Waals surface area contributed by atoms with Gasteiger partial charge < -0.3 is 19.8 Å².